The highest BCUT2D eigenvalue weighted by atomic mass is 32.1. The lowest BCUT2D eigenvalue weighted by molar-refractivity contribution is -0.149. The zero-order chi connectivity index (χ0) is 17.4. The number of carbonyl (C=O) groups is 3. The van der Waals surface area contributed by atoms with Crippen LogP contribution in [0, 0.1) is 0 Å². The molecule has 0 aliphatic carbocycles. The van der Waals surface area contributed by atoms with Gasteiger partial charge in [0.15, 0.2) is 6.61 Å². The molecule has 0 bridgehead atoms. The van der Waals surface area contributed by atoms with E-state index in [1.807, 2.05) is 24.3 Å². The minimum atomic E-state index is -0.564. The van der Waals surface area contributed by atoms with Gasteiger partial charge in [-0.15, -0.1) is 11.3 Å². The number of aryl methyl sites for hydroxylation is 1. The average Bonchev–Trinajstić information content (AvgIpc) is 3.00. The zero-order valence-corrected chi connectivity index (χ0v) is 14.1. The summed E-state index contributed by atoms with van der Waals surface area (Å²) < 4.78 is 10.3. The Labute approximate surface area is 143 Å². The van der Waals surface area contributed by atoms with E-state index < -0.39 is 24.5 Å². The number of hydrogen-bond acceptors (Lipinski definition) is 7. The predicted octanol–water partition coefficient (Wildman–Crippen LogP) is 1.45. The number of nitrogens with one attached hydrogen (secondary N) is 1. The van der Waals surface area contributed by atoms with Gasteiger partial charge in [0.2, 0.25) is 0 Å². The maximum Gasteiger partial charge on any atom is 0.325 e. The first-order valence-corrected chi connectivity index (χ1v) is 8.23. The lowest BCUT2D eigenvalue weighted by Gasteiger charge is -2.05. The second kappa shape index (κ2) is 8.97. The summed E-state index contributed by atoms with van der Waals surface area (Å²) in [7, 11) is 1.22. The van der Waals surface area contributed by atoms with Crippen molar-refractivity contribution < 1.29 is 23.9 Å². The Balaban J connectivity index is 1.64. The van der Waals surface area contributed by atoms with Crippen LogP contribution in [0.5, 0.6) is 0 Å². The molecule has 1 N–H and O–H groups in total. The number of esters is 2. The van der Waals surface area contributed by atoms with Crippen LogP contribution < -0.4 is 5.32 Å². The summed E-state index contributed by atoms with van der Waals surface area (Å²) in [4.78, 5) is 38.3. The van der Waals surface area contributed by atoms with E-state index in [2.05, 4.69) is 15.0 Å². The fraction of sp³-hybridized carbons (Fsp3) is 0.375. The molecule has 24 heavy (non-hydrogen) atoms. The minimum Gasteiger partial charge on any atom is -0.468 e. The zero-order valence-electron chi connectivity index (χ0n) is 13.2. The number of ether oxygens (including phenoxy) is 2. The van der Waals surface area contributed by atoms with Crippen molar-refractivity contribution in [3.63, 3.8) is 0 Å². The normalized spacial score (nSPS) is 10.4. The molecule has 0 fully saturated rings. The van der Waals surface area contributed by atoms with Crippen LogP contribution in [0.3, 0.4) is 0 Å². The first kappa shape index (κ1) is 17.9. The average molecular weight is 350 g/mol. The van der Waals surface area contributed by atoms with Gasteiger partial charge in [-0.25, -0.2) is 4.98 Å². The van der Waals surface area contributed by atoms with E-state index in [-0.39, 0.29) is 13.0 Å². The molecule has 128 valence electrons. The molecule has 2 aromatic rings. The molecular weight excluding hydrogens is 332 g/mol. The third-order valence-corrected chi connectivity index (χ3v) is 4.23. The molecule has 0 atom stereocenters. The summed E-state index contributed by atoms with van der Waals surface area (Å²) in [6.45, 7) is -0.651. The van der Waals surface area contributed by atoms with Crippen LogP contribution in [0.2, 0.25) is 0 Å². The molecule has 0 aliphatic rings. The summed E-state index contributed by atoms with van der Waals surface area (Å²) in [6.07, 6.45) is 1.49. The number of carbonyl (C=O) groups excluding carboxylic acids is 3. The monoisotopic (exact) mass is 350 g/mol. The fourth-order valence-corrected chi connectivity index (χ4v) is 2.93. The van der Waals surface area contributed by atoms with Crippen molar-refractivity contribution in [2.75, 3.05) is 20.3 Å². The Hall–Kier alpha value is -2.48. The summed E-state index contributed by atoms with van der Waals surface area (Å²) in [5.74, 6) is -1.56. The summed E-state index contributed by atoms with van der Waals surface area (Å²) >= 11 is 1.61. The van der Waals surface area contributed by atoms with E-state index in [1.165, 1.54) is 7.11 Å². The number of para-hydroxylation sites is 1. The highest BCUT2D eigenvalue weighted by molar-refractivity contribution is 7.18. The van der Waals surface area contributed by atoms with Gasteiger partial charge in [-0.1, -0.05) is 12.1 Å². The first-order valence-electron chi connectivity index (χ1n) is 7.42. The Morgan fingerprint density at radius 2 is 2.00 bits per heavy atom. The SMILES string of the molecule is COC(=O)CNC(=O)COC(=O)CCCc1nc2ccccc2s1. The van der Waals surface area contributed by atoms with Crippen molar-refractivity contribution in [2.24, 2.45) is 0 Å². The predicted molar refractivity (Wildman–Crippen MR) is 88.5 cm³/mol. The minimum absolute atomic E-state index is 0.209. The quantitative estimate of drug-likeness (QED) is 0.724. The number of amides is 1. The highest BCUT2D eigenvalue weighted by Crippen LogP contribution is 2.22. The van der Waals surface area contributed by atoms with E-state index in [0.717, 1.165) is 15.2 Å². The van der Waals surface area contributed by atoms with Gasteiger partial charge >= 0.3 is 11.9 Å². The van der Waals surface area contributed by atoms with Crippen LogP contribution in [0.25, 0.3) is 10.2 Å². The number of nitrogens with zero attached hydrogens (tertiary/aromatic N) is 1. The first-order chi connectivity index (χ1) is 11.6. The summed E-state index contributed by atoms with van der Waals surface area (Å²) in [5, 5.41) is 3.26. The Bertz CT molecular complexity index is 695. The lowest BCUT2D eigenvalue weighted by Crippen LogP contribution is -2.33. The van der Waals surface area contributed by atoms with Gasteiger partial charge in [-0.3, -0.25) is 14.4 Å². The maximum absolute atomic E-state index is 11.6. The molecule has 0 saturated carbocycles. The molecule has 8 heteroatoms. The molecule has 0 radical (unpaired) electrons. The van der Waals surface area contributed by atoms with Crippen molar-refractivity contribution in [2.45, 2.75) is 19.3 Å². The van der Waals surface area contributed by atoms with E-state index in [1.54, 1.807) is 11.3 Å². The van der Waals surface area contributed by atoms with Gasteiger partial charge in [0.05, 0.1) is 22.3 Å². The van der Waals surface area contributed by atoms with Gasteiger partial charge in [0, 0.05) is 6.42 Å². The molecule has 0 aliphatic heterocycles. The number of thiazole rings is 1. The van der Waals surface area contributed by atoms with Gasteiger partial charge in [0.25, 0.3) is 5.91 Å². The summed E-state index contributed by atoms with van der Waals surface area (Å²) in [6, 6.07) is 7.87. The van der Waals surface area contributed by atoms with E-state index in [9.17, 15) is 14.4 Å². The standard InChI is InChI=1S/C16H18N2O5S/c1-22-16(21)9-17-13(19)10-23-15(20)8-4-7-14-18-11-5-2-3-6-12(11)24-14/h2-3,5-6H,4,7-10H2,1H3,(H,17,19). The van der Waals surface area contributed by atoms with Crippen molar-refractivity contribution in [1.82, 2.24) is 10.3 Å². The molecule has 1 heterocycles. The maximum atomic E-state index is 11.6. The number of methoxy groups -OCH3 is 1. The van der Waals surface area contributed by atoms with Crippen LogP contribution in [-0.4, -0.2) is 43.1 Å². The van der Waals surface area contributed by atoms with Crippen molar-refractivity contribution >= 4 is 39.4 Å². The fourth-order valence-electron chi connectivity index (χ4n) is 1.92. The topological polar surface area (TPSA) is 94.6 Å². The van der Waals surface area contributed by atoms with E-state index in [0.29, 0.717) is 12.8 Å². The van der Waals surface area contributed by atoms with Gasteiger partial charge in [-0.05, 0) is 25.0 Å². The van der Waals surface area contributed by atoms with Crippen molar-refractivity contribution in [3.05, 3.63) is 29.3 Å². The van der Waals surface area contributed by atoms with E-state index >= 15 is 0 Å². The molecule has 0 spiro atoms. The van der Waals surface area contributed by atoms with E-state index in [4.69, 9.17) is 4.74 Å². The molecule has 2 rings (SSSR count). The summed E-state index contributed by atoms with van der Waals surface area (Å²) in [5.41, 5.74) is 0.961. The number of aromatic nitrogens is 1. The van der Waals surface area contributed by atoms with Gasteiger partial charge < -0.3 is 14.8 Å². The third kappa shape index (κ3) is 5.62. The second-order valence-corrected chi connectivity index (χ2v) is 6.06. The van der Waals surface area contributed by atoms with Crippen LogP contribution >= 0.6 is 11.3 Å². The van der Waals surface area contributed by atoms with Crippen LogP contribution in [0.4, 0.5) is 0 Å². The molecule has 7 nitrogen and oxygen atoms in total. The number of hydrogen-bond donors (Lipinski definition) is 1. The molecule has 1 aromatic carbocycles. The van der Waals surface area contributed by atoms with Crippen LogP contribution in [-0.2, 0) is 30.3 Å². The molecule has 1 amide bonds. The molecule has 0 unspecified atom stereocenters. The van der Waals surface area contributed by atoms with Crippen LogP contribution in [0.1, 0.15) is 17.8 Å². The van der Waals surface area contributed by atoms with Gasteiger partial charge in [-0.2, -0.15) is 0 Å². The molecular formula is C16H18N2O5S. The Morgan fingerprint density at radius 3 is 2.75 bits per heavy atom. The van der Waals surface area contributed by atoms with Crippen molar-refractivity contribution in [1.29, 1.82) is 0 Å². The van der Waals surface area contributed by atoms with Gasteiger partial charge in [0.1, 0.15) is 6.54 Å². The smallest absolute Gasteiger partial charge is 0.325 e. The molecule has 1 aromatic heterocycles. The van der Waals surface area contributed by atoms with Crippen LogP contribution in [0.15, 0.2) is 24.3 Å². The largest absolute Gasteiger partial charge is 0.468 e. The number of fused-ring (bicyclic) bond motifs is 1. The number of rotatable bonds is 8. The second-order valence-electron chi connectivity index (χ2n) is 4.94. The Morgan fingerprint density at radius 1 is 1.21 bits per heavy atom. The lowest BCUT2D eigenvalue weighted by atomic mass is 10.2. The third-order valence-electron chi connectivity index (χ3n) is 3.13. The Kier molecular flexibility index (Phi) is 6.68. The number of benzene rings is 1. The molecule has 0 saturated heterocycles. The van der Waals surface area contributed by atoms with Crippen molar-refractivity contribution in [3.8, 4) is 0 Å². The highest BCUT2D eigenvalue weighted by Gasteiger charge is 2.10.